The molecule has 0 spiro atoms. The number of nitrogens with zero attached hydrogens (tertiary/aromatic N) is 3. The quantitative estimate of drug-likeness (QED) is 0.382. The maximum atomic E-state index is 13.5. The minimum Gasteiger partial charge on any atom is -0.497 e. The van der Waals surface area contributed by atoms with Crippen LogP contribution < -0.4 is 4.74 Å². The molecule has 1 saturated heterocycles. The molecule has 1 aromatic heterocycles. The molecule has 37 heavy (non-hydrogen) atoms. The largest absolute Gasteiger partial charge is 0.497 e. The number of benzene rings is 3. The van der Waals surface area contributed by atoms with Crippen molar-refractivity contribution in [2.75, 3.05) is 33.3 Å². The van der Waals surface area contributed by atoms with Crippen molar-refractivity contribution in [3.63, 3.8) is 0 Å². The third-order valence-electron chi connectivity index (χ3n) is 6.64. The molecule has 7 nitrogen and oxygen atoms in total. The van der Waals surface area contributed by atoms with Gasteiger partial charge in [0.25, 0.3) is 5.91 Å². The molecule has 2 amide bonds. The third kappa shape index (κ3) is 5.40. The van der Waals surface area contributed by atoms with Crippen LogP contribution in [0.15, 0.2) is 83.4 Å². The predicted molar refractivity (Wildman–Crippen MR) is 141 cm³/mol. The lowest BCUT2D eigenvalue weighted by Gasteiger charge is -2.35. The van der Waals surface area contributed by atoms with Crippen molar-refractivity contribution in [2.45, 2.75) is 13.3 Å². The van der Waals surface area contributed by atoms with Crippen LogP contribution in [0.2, 0.25) is 0 Å². The molecule has 0 radical (unpaired) electrons. The number of oxazole rings is 1. The summed E-state index contributed by atoms with van der Waals surface area (Å²) in [7, 11) is 1.61. The zero-order chi connectivity index (χ0) is 25.8. The normalized spacial score (nSPS) is 13.5. The lowest BCUT2D eigenvalue weighted by Crippen LogP contribution is -2.51. The second-order valence-corrected chi connectivity index (χ2v) is 9.14. The molecular formula is C30H29N3O4. The lowest BCUT2D eigenvalue weighted by molar-refractivity contribution is -0.131. The van der Waals surface area contributed by atoms with Crippen molar-refractivity contribution in [2.24, 2.45) is 0 Å². The molecule has 7 heteroatoms. The van der Waals surface area contributed by atoms with Gasteiger partial charge in [0.15, 0.2) is 5.76 Å². The molecule has 0 N–H and O–H groups in total. The average molecular weight is 496 g/mol. The second-order valence-electron chi connectivity index (χ2n) is 9.14. The number of carbonyl (C=O) groups excluding carboxylic acids is 2. The van der Waals surface area contributed by atoms with Gasteiger partial charge in [-0.2, -0.15) is 0 Å². The number of aryl methyl sites for hydroxylation is 1. The van der Waals surface area contributed by atoms with Crippen molar-refractivity contribution >= 4 is 11.8 Å². The first-order valence-electron chi connectivity index (χ1n) is 12.3. The minimum atomic E-state index is -0.0921. The highest BCUT2D eigenvalue weighted by atomic mass is 16.5. The van der Waals surface area contributed by atoms with Crippen LogP contribution in [0, 0.1) is 6.92 Å². The molecule has 2 heterocycles. The van der Waals surface area contributed by atoms with Gasteiger partial charge in [-0.3, -0.25) is 9.59 Å². The Morgan fingerprint density at radius 3 is 2.41 bits per heavy atom. The van der Waals surface area contributed by atoms with E-state index in [1.165, 1.54) is 5.56 Å². The Hall–Kier alpha value is -4.39. The molecule has 0 bridgehead atoms. The number of aromatic nitrogens is 1. The predicted octanol–water partition coefficient (Wildman–Crippen LogP) is 4.85. The van der Waals surface area contributed by atoms with E-state index >= 15 is 0 Å². The summed E-state index contributed by atoms with van der Waals surface area (Å²) in [6, 6.07) is 22.9. The Morgan fingerprint density at radius 1 is 0.919 bits per heavy atom. The van der Waals surface area contributed by atoms with Crippen molar-refractivity contribution in [3.8, 4) is 28.5 Å². The zero-order valence-corrected chi connectivity index (χ0v) is 21.0. The van der Waals surface area contributed by atoms with E-state index in [1.54, 1.807) is 24.3 Å². The molecule has 0 atom stereocenters. The standard InChI is InChI=1S/C30H29N3O4/c1-21-10-12-23(13-11-21)27-20-31-29(37-27)25-8-3-4-9-26(25)30(35)33-16-14-32(15-17-33)28(34)19-22-6-5-7-24(18-22)36-2/h3-13,18,20H,14-17,19H2,1-2H3. The maximum absolute atomic E-state index is 13.5. The second kappa shape index (κ2) is 10.7. The van der Waals surface area contributed by atoms with Gasteiger partial charge in [0.2, 0.25) is 11.8 Å². The number of carbonyl (C=O) groups is 2. The van der Waals surface area contributed by atoms with Crippen LogP contribution in [0.25, 0.3) is 22.8 Å². The SMILES string of the molecule is COc1cccc(CC(=O)N2CCN(C(=O)c3ccccc3-c3ncc(-c4ccc(C)cc4)o3)CC2)c1. The summed E-state index contributed by atoms with van der Waals surface area (Å²) in [6.07, 6.45) is 2.00. The summed E-state index contributed by atoms with van der Waals surface area (Å²) in [4.78, 5) is 34.4. The summed E-state index contributed by atoms with van der Waals surface area (Å²) in [6.45, 7) is 3.96. The van der Waals surface area contributed by atoms with Gasteiger partial charge in [-0.25, -0.2) is 4.98 Å². The average Bonchev–Trinajstić information content (AvgIpc) is 3.43. The van der Waals surface area contributed by atoms with Crippen molar-refractivity contribution in [1.29, 1.82) is 0 Å². The number of hydrogen-bond acceptors (Lipinski definition) is 5. The first-order chi connectivity index (χ1) is 18.0. The number of rotatable bonds is 6. The smallest absolute Gasteiger partial charge is 0.254 e. The molecule has 1 aliphatic heterocycles. The van der Waals surface area contributed by atoms with Gasteiger partial charge < -0.3 is 19.0 Å². The Labute approximate surface area is 216 Å². The van der Waals surface area contributed by atoms with Crippen LogP contribution >= 0.6 is 0 Å². The molecule has 5 rings (SSSR count). The highest BCUT2D eigenvalue weighted by Crippen LogP contribution is 2.29. The fraction of sp³-hybridized carbons (Fsp3) is 0.233. The van der Waals surface area contributed by atoms with E-state index in [0.717, 1.165) is 16.9 Å². The summed E-state index contributed by atoms with van der Waals surface area (Å²) in [5, 5.41) is 0. The highest BCUT2D eigenvalue weighted by molar-refractivity contribution is 6.00. The first kappa shape index (κ1) is 24.3. The van der Waals surface area contributed by atoms with E-state index in [9.17, 15) is 9.59 Å². The fourth-order valence-electron chi connectivity index (χ4n) is 4.50. The van der Waals surface area contributed by atoms with Gasteiger partial charge in [-0.1, -0.05) is 54.1 Å². The van der Waals surface area contributed by atoms with Crippen LogP contribution in [0.1, 0.15) is 21.5 Å². The van der Waals surface area contributed by atoms with Gasteiger partial charge in [0.05, 0.1) is 25.3 Å². The molecular weight excluding hydrogens is 466 g/mol. The van der Waals surface area contributed by atoms with Gasteiger partial charge in [-0.15, -0.1) is 0 Å². The van der Waals surface area contributed by atoms with E-state index in [1.807, 2.05) is 78.6 Å². The molecule has 0 aliphatic carbocycles. The number of ether oxygens (including phenoxy) is 1. The van der Waals surface area contributed by atoms with Crippen LogP contribution in [0.5, 0.6) is 5.75 Å². The molecule has 188 valence electrons. The molecule has 0 saturated carbocycles. The van der Waals surface area contributed by atoms with Crippen LogP contribution in [0.3, 0.4) is 0 Å². The number of hydrogen-bond donors (Lipinski definition) is 0. The van der Waals surface area contributed by atoms with Gasteiger partial charge in [0, 0.05) is 37.3 Å². The van der Waals surface area contributed by atoms with Gasteiger partial charge in [-0.05, 0) is 36.8 Å². The summed E-state index contributed by atoms with van der Waals surface area (Å²) < 4.78 is 11.3. The zero-order valence-electron chi connectivity index (χ0n) is 21.0. The van der Waals surface area contributed by atoms with Crippen LogP contribution in [0.4, 0.5) is 0 Å². The van der Waals surface area contributed by atoms with Crippen molar-refractivity contribution in [1.82, 2.24) is 14.8 Å². The highest BCUT2D eigenvalue weighted by Gasteiger charge is 2.27. The monoisotopic (exact) mass is 495 g/mol. The first-order valence-corrected chi connectivity index (χ1v) is 12.3. The van der Waals surface area contributed by atoms with Crippen molar-refractivity contribution in [3.05, 3.63) is 95.7 Å². The summed E-state index contributed by atoms with van der Waals surface area (Å²) >= 11 is 0. The Kier molecular flexibility index (Phi) is 7.03. The topological polar surface area (TPSA) is 75.9 Å². The molecule has 0 unspecified atom stereocenters. The van der Waals surface area contributed by atoms with E-state index in [4.69, 9.17) is 9.15 Å². The fourth-order valence-corrected chi connectivity index (χ4v) is 4.50. The molecule has 3 aromatic carbocycles. The van der Waals surface area contributed by atoms with E-state index < -0.39 is 0 Å². The van der Waals surface area contributed by atoms with E-state index in [2.05, 4.69) is 4.98 Å². The molecule has 4 aromatic rings. The Bertz CT molecular complexity index is 1400. The third-order valence-corrected chi connectivity index (χ3v) is 6.64. The molecule has 1 aliphatic rings. The van der Waals surface area contributed by atoms with E-state index in [0.29, 0.717) is 55.4 Å². The maximum Gasteiger partial charge on any atom is 0.254 e. The number of amides is 2. The summed E-state index contributed by atoms with van der Waals surface area (Å²) in [5.74, 6) is 1.75. The Morgan fingerprint density at radius 2 is 1.65 bits per heavy atom. The number of piperazine rings is 1. The number of methoxy groups -OCH3 is 1. The lowest BCUT2D eigenvalue weighted by atomic mass is 10.1. The van der Waals surface area contributed by atoms with E-state index in [-0.39, 0.29) is 11.8 Å². The Balaban J connectivity index is 1.26. The van der Waals surface area contributed by atoms with Gasteiger partial charge >= 0.3 is 0 Å². The minimum absolute atomic E-state index is 0.0455. The van der Waals surface area contributed by atoms with Crippen LogP contribution in [-0.2, 0) is 11.2 Å². The van der Waals surface area contributed by atoms with Crippen molar-refractivity contribution < 1.29 is 18.7 Å². The van der Waals surface area contributed by atoms with Gasteiger partial charge in [0.1, 0.15) is 5.75 Å². The van der Waals surface area contributed by atoms with Crippen LogP contribution in [-0.4, -0.2) is 59.9 Å². The molecule has 1 fully saturated rings. The summed E-state index contributed by atoms with van der Waals surface area (Å²) in [5.41, 5.74) is 4.20.